The van der Waals surface area contributed by atoms with Crippen LogP contribution in [0.3, 0.4) is 0 Å². The fourth-order valence-electron chi connectivity index (χ4n) is 3.08. The lowest BCUT2D eigenvalue weighted by atomic mass is 10.1. The van der Waals surface area contributed by atoms with Crippen molar-refractivity contribution in [3.8, 4) is 0 Å². The molecule has 2 heterocycles. The zero-order chi connectivity index (χ0) is 23.6. The predicted molar refractivity (Wildman–Crippen MR) is 118 cm³/mol. The standard InChI is InChI=1S/C22H15F3N4O3S/c23-22(24,25)14-4-2-6-16(10-14)28-19(31)13-3-1-5-15(9-13)27-18(30)11-29-12-26-20-17(21(29)32)7-8-33-20/h1-10,12H,11H2,(H,27,30)(H,28,31). The topological polar surface area (TPSA) is 93.1 Å². The van der Waals surface area contributed by atoms with Crippen molar-refractivity contribution in [3.63, 3.8) is 0 Å². The van der Waals surface area contributed by atoms with E-state index < -0.39 is 23.6 Å². The molecule has 7 nitrogen and oxygen atoms in total. The summed E-state index contributed by atoms with van der Waals surface area (Å²) in [6.07, 6.45) is -3.24. The number of carbonyl (C=O) groups excluding carboxylic acids is 2. The number of nitrogens with zero attached hydrogens (tertiary/aromatic N) is 2. The number of halogens is 3. The molecule has 11 heteroatoms. The van der Waals surface area contributed by atoms with Gasteiger partial charge >= 0.3 is 6.18 Å². The number of rotatable bonds is 5. The number of nitrogens with one attached hydrogen (secondary N) is 2. The maximum Gasteiger partial charge on any atom is 0.416 e. The van der Waals surface area contributed by atoms with Crippen molar-refractivity contribution in [2.75, 3.05) is 10.6 Å². The van der Waals surface area contributed by atoms with Crippen LogP contribution >= 0.6 is 11.3 Å². The quantitative estimate of drug-likeness (QED) is 0.451. The molecular formula is C22H15F3N4O3S. The van der Waals surface area contributed by atoms with E-state index in [4.69, 9.17) is 0 Å². The molecule has 2 amide bonds. The summed E-state index contributed by atoms with van der Waals surface area (Å²) in [5, 5.41) is 7.16. The zero-order valence-electron chi connectivity index (χ0n) is 16.7. The molecule has 0 aliphatic rings. The van der Waals surface area contributed by atoms with E-state index in [2.05, 4.69) is 15.6 Å². The van der Waals surface area contributed by atoms with Crippen LogP contribution in [-0.2, 0) is 17.5 Å². The van der Waals surface area contributed by atoms with E-state index in [1.54, 1.807) is 17.5 Å². The highest BCUT2D eigenvalue weighted by atomic mass is 32.1. The fraction of sp³-hybridized carbons (Fsp3) is 0.0909. The molecule has 2 aromatic carbocycles. The van der Waals surface area contributed by atoms with Crippen molar-refractivity contribution >= 4 is 44.7 Å². The highest BCUT2D eigenvalue weighted by Gasteiger charge is 2.30. The Balaban J connectivity index is 1.45. The first-order valence-corrected chi connectivity index (χ1v) is 10.4. The number of hydrogen-bond donors (Lipinski definition) is 2. The maximum atomic E-state index is 12.9. The van der Waals surface area contributed by atoms with Crippen molar-refractivity contribution in [1.29, 1.82) is 0 Å². The number of alkyl halides is 3. The van der Waals surface area contributed by atoms with E-state index in [1.165, 1.54) is 52.6 Å². The molecule has 0 saturated heterocycles. The monoisotopic (exact) mass is 472 g/mol. The van der Waals surface area contributed by atoms with Gasteiger partial charge in [0.25, 0.3) is 11.5 Å². The van der Waals surface area contributed by atoms with Gasteiger partial charge in [-0.2, -0.15) is 13.2 Å². The van der Waals surface area contributed by atoms with Gasteiger partial charge in [-0.15, -0.1) is 11.3 Å². The van der Waals surface area contributed by atoms with Gasteiger partial charge in [-0.1, -0.05) is 12.1 Å². The number of benzene rings is 2. The van der Waals surface area contributed by atoms with E-state index in [-0.39, 0.29) is 29.0 Å². The smallest absolute Gasteiger partial charge is 0.325 e. The van der Waals surface area contributed by atoms with Crippen LogP contribution in [0.15, 0.2) is 71.1 Å². The average molecular weight is 472 g/mol. The van der Waals surface area contributed by atoms with Crippen molar-refractivity contribution in [1.82, 2.24) is 9.55 Å². The van der Waals surface area contributed by atoms with Crippen LogP contribution in [-0.4, -0.2) is 21.4 Å². The van der Waals surface area contributed by atoms with Gasteiger partial charge in [-0.05, 0) is 47.8 Å². The summed E-state index contributed by atoms with van der Waals surface area (Å²) >= 11 is 1.32. The van der Waals surface area contributed by atoms with E-state index in [1.807, 2.05) is 0 Å². The van der Waals surface area contributed by atoms with Crippen LogP contribution < -0.4 is 16.2 Å². The Labute approximate surface area is 188 Å². The SMILES string of the molecule is O=C(Cn1cnc2sccc2c1=O)Nc1cccc(C(=O)Nc2cccc(C(F)(F)F)c2)c1. The van der Waals surface area contributed by atoms with Crippen LogP contribution in [0.25, 0.3) is 10.2 Å². The third-order valence-corrected chi connectivity index (χ3v) is 5.44. The van der Waals surface area contributed by atoms with Crippen LogP contribution in [0.2, 0.25) is 0 Å². The van der Waals surface area contributed by atoms with Gasteiger partial charge in [0.15, 0.2) is 0 Å². The molecule has 0 bridgehead atoms. The van der Waals surface area contributed by atoms with E-state index >= 15 is 0 Å². The van der Waals surface area contributed by atoms with E-state index in [0.29, 0.717) is 10.2 Å². The Morgan fingerprint density at radius 3 is 2.48 bits per heavy atom. The van der Waals surface area contributed by atoms with Gasteiger partial charge in [-0.3, -0.25) is 19.0 Å². The van der Waals surface area contributed by atoms with Crippen LogP contribution in [0.1, 0.15) is 15.9 Å². The lowest BCUT2D eigenvalue weighted by Crippen LogP contribution is -2.27. The Bertz CT molecular complexity index is 1410. The molecule has 33 heavy (non-hydrogen) atoms. The molecule has 0 aliphatic carbocycles. The molecule has 168 valence electrons. The zero-order valence-corrected chi connectivity index (χ0v) is 17.5. The summed E-state index contributed by atoms with van der Waals surface area (Å²) < 4.78 is 39.8. The molecule has 0 radical (unpaired) electrons. The molecule has 0 fully saturated rings. The summed E-state index contributed by atoms with van der Waals surface area (Å²) in [5.41, 5.74) is -0.824. The average Bonchev–Trinajstić information content (AvgIpc) is 3.25. The first-order valence-electron chi connectivity index (χ1n) is 9.52. The van der Waals surface area contributed by atoms with E-state index in [9.17, 15) is 27.6 Å². The summed E-state index contributed by atoms with van der Waals surface area (Å²) in [6, 6.07) is 11.8. The molecule has 2 aromatic heterocycles. The Kier molecular flexibility index (Phi) is 5.97. The second-order valence-corrected chi connectivity index (χ2v) is 7.87. The lowest BCUT2D eigenvalue weighted by Gasteiger charge is -2.11. The summed E-state index contributed by atoms with van der Waals surface area (Å²) in [7, 11) is 0. The fourth-order valence-corrected chi connectivity index (χ4v) is 3.80. The van der Waals surface area contributed by atoms with Crippen LogP contribution in [0.5, 0.6) is 0 Å². The van der Waals surface area contributed by atoms with Gasteiger partial charge in [0.05, 0.1) is 17.3 Å². The predicted octanol–water partition coefficient (Wildman–Crippen LogP) is 4.37. The highest BCUT2D eigenvalue weighted by molar-refractivity contribution is 7.16. The number of amides is 2. The molecule has 0 unspecified atom stereocenters. The number of anilines is 2. The third kappa shape index (κ3) is 5.09. The summed E-state index contributed by atoms with van der Waals surface area (Å²) in [6.45, 7) is -0.279. The van der Waals surface area contributed by atoms with E-state index in [0.717, 1.165) is 12.1 Å². The van der Waals surface area contributed by atoms with Crippen LogP contribution in [0.4, 0.5) is 24.5 Å². The normalized spacial score (nSPS) is 11.4. The molecule has 2 N–H and O–H groups in total. The lowest BCUT2D eigenvalue weighted by molar-refractivity contribution is -0.137. The number of thiophene rings is 1. The van der Waals surface area contributed by atoms with Gasteiger partial charge in [0.2, 0.25) is 5.91 Å². The van der Waals surface area contributed by atoms with Gasteiger partial charge in [-0.25, -0.2) is 4.98 Å². The van der Waals surface area contributed by atoms with Gasteiger partial charge < -0.3 is 10.6 Å². The number of carbonyl (C=O) groups is 2. The minimum atomic E-state index is -4.53. The van der Waals surface area contributed by atoms with Crippen molar-refractivity contribution in [3.05, 3.63) is 87.8 Å². The number of hydrogen-bond acceptors (Lipinski definition) is 5. The second kappa shape index (κ2) is 8.87. The Hall–Kier alpha value is -3.99. The Morgan fingerprint density at radius 2 is 1.73 bits per heavy atom. The molecular weight excluding hydrogens is 457 g/mol. The van der Waals surface area contributed by atoms with Crippen molar-refractivity contribution < 1.29 is 22.8 Å². The minimum Gasteiger partial charge on any atom is -0.325 e. The van der Waals surface area contributed by atoms with Gasteiger partial charge in [0.1, 0.15) is 11.4 Å². The third-order valence-electron chi connectivity index (χ3n) is 4.62. The molecule has 0 spiro atoms. The largest absolute Gasteiger partial charge is 0.416 e. The second-order valence-electron chi connectivity index (χ2n) is 6.98. The minimum absolute atomic E-state index is 0.0139. The molecule has 4 aromatic rings. The molecule has 0 atom stereocenters. The Morgan fingerprint density at radius 1 is 1.00 bits per heavy atom. The van der Waals surface area contributed by atoms with Gasteiger partial charge in [0, 0.05) is 16.9 Å². The molecule has 0 aliphatic heterocycles. The first kappa shape index (κ1) is 22.2. The van der Waals surface area contributed by atoms with Crippen molar-refractivity contribution in [2.45, 2.75) is 12.7 Å². The van der Waals surface area contributed by atoms with Crippen molar-refractivity contribution in [2.24, 2.45) is 0 Å². The van der Waals surface area contributed by atoms with Crippen LogP contribution in [0, 0.1) is 0 Å². The highest BCUT2D eigenvalue weighted by Crippen LogP contribution is 2.30. The molecule has 4 rings (SSSR count). The summed E-state index contributed by atoms with van der Waals surface area (Å²) in [5.74, 6) is -1.15. The summed E-state index contributed by atoms with van der Waals surface area (Å²) in [4.78, 5) is 42.0. The maximum absolute atomic E-state index is 12.9. The number of fused-ring (bicyclic) bond motifs is 1. The first-order chi connectivity index (χ1) is 15.7. The number of aromatic nitrogens is 2. The molecule has 0 saturated carbocycles.